The summed E-state index contributed by atoms with van der Waals surface area (Å²) in [7, 11) is 0. The van der Waals surface area contributed by atoms with Gasteiger partial charge in [0.15, 0.2) is 5.16 Å². The van der Waals surface area contributed by atoms with Crippen LogP contribution in [0.1, 0.15) is 18.1 Å². The van der Waals surface area contributed by atoms with Gasteiger partial charge in [0.1, 0.15) is 5.75 Å². The van der Waals surface area contributed by atoms with Crippen LogP contribution in [0, 0.1) is 0 Å². The first-order valence-electron chi connectivity index (χ1n) is 6.26. The molecular weight excluding hydrogens is 260 g/mol. The summed E-state index contributed by atoms with van der Waals surface area (Å²) < 4.78 is 7.23. The number of fused-ring (bicyclic) bond motifs is 1. The number of ether oxygens (including phenoxy) is 1. The van der Waals surface area contributed by atoms with E-state index < -0.39 is 0 Å². The van der Waals surface area contributed by atoms with Crippen LogP contribution in [0.25, 0.3) is 11.3 Å². The molecule has 0 amide bonds. The predicted octanol–water partition coefficient (Wildman–Crippen LogP) is 3.08. The Bertz CT molecular complexity index is 622. The molecule has 0 fully saturated rings. The Labute approximate surface area is 115 Å². The molecule has 1 aromatic carbocycles. The molecule has 0 saturated heterocycles. The molecule has 2 heterocycles. The molecule has 0 unspecified atom stereocenters. The van der Waals surface area contributed by atoms with Crippen molar-refractivity contribution in [2.75, 3.05) is 12.4 Å². The smallest absolute Gasteiger partial charge is 0.243 e. The molecule has 19 heavy (non-hydrogen) atoms. The van der Waals surface area contributed by atoms with Crippen LogP contribution in [0.3, 0.4) is 0 Å². The lowest BCUT2D eigenvalue weighted by molar-refractivity contribution is 0.0939. The van der Waals surface area contributed by atoms with E-state index in [9.17, 15) is 4.79 Å². The molecule has 2 aromatic rings. The van der Waals surface area contributed by atoms with Gasteiger partial charge in [-0.25, -0.2) is 4.98 Å². The molecule has 5 heteroatoms. The Morgan fingerprint density at radius 2 is 2.37 bits per heavy atom. The minimum Gasteiger partial charge on any atom is -0.494 e. The van der Waals surface area contributed by atoms with Crippen LogP contribution >= 0.6 is 11.8 Å². The number of hydrogen-bond donors (Lipinski definition) is 0. The van der Waals surface area contributed by atoms with Gasteiger partial charge in [0.25, 0.3) is 0 Å². The Hall–Kier alpha value is -1.75. The first kappa shape index (κ1) is 12.3. The number of imidazole rings is 1. The summed E-state index contributed by atoms with van der Waals surface area (Å²) in [5, 5.41) is 0.778. The molecule has 0 saturated carbocycles. The number of carbonyl (C=O) groups excluding carboxylic acids is 1. The third-order valence-corrected chi connectivity index (χ3v) is 3.81. The van der Waals surface area contributed by atoms with Crippen molar-refractivity contribution in [3.05, 3.63) is 30.5 Å². The van der Waals surface area contributed by atoms with Gasteiger partial charge in [-0.15, -0.1) is 0 Å². The molecule has 0 N–H and O–H groups in total. The Balaban J connectivity index is 1.90. The Morgan fingerprint density at radius 1 is 1.47 bits per heavy atom. The molecule has 3 rings (SSSR count). The van der Waals surface area contributed by atoms with Crippen molar-refractivity contribution in [1.82, 2.24) is 9.55 Å². The van der Waals surface area contributed by atoms with Crippen LogP contribution < -0.4 is 4.74 Å². The normalized spacial score (nSPS) is 13.6. The lowest BCUT2D eigenvalue weighted by atomic mass is 10.1. The summed E-state index contributed by atoms with van der Waals surface area (Å²) in [4.78, 5) is 16.1. The molecule has 0 spiro atoms. The van der Waals surface area contributed by atoms with Crippen molar-refractivity contribution in [3.63, 3.8) is 0 Å². The summed E-state index contributed by atoms with van der Waals surface area (Å²) in [6.07, 6.45) is 2.78. The second-order valence-corrected chi connectivity index (χ2v) is 5.28. The number of nitrogens with zero attached hydrogens (tertiary/aromatic N) is 2. The van der Waals surface area contributed by atoms with Gasteiger partial charge < -0.3 is 4.74 Å². The minimum atomic E-state index is 0.0946. The van der Waals surface area contributed by atoms with Crippen LogP contribution in [-0.4, -0.2) is 27.8 Å². The molecule has 1 aliphatic rings. The molecule has 1 aromatic heterocycles. The van der Waals surface area contributed by atoms with Crippen molar-refractivity contribution in [2.45, 2.75) is 18.5 Å². The topological polar surface area (TPSA) is 44.1 Å². The zero-order valence-electron chi connectivity index (χ0n) is 10.6. The van der Waals surface area contributed by atoms with E-state index in [2.05, 4.69) is 11.9 Å². The van der Waals surface area contributed by atoms with Crippen LogP contribution in [0.2, 0.25) is 0 Å². The van der Waals surface area contributed by atoms with E-state index in [-0.39, 0.29) is 5.91 Å². The monoisotopic (exact) mass is 274 g/mol. The molecule has 98 valence electrons. The number of benzene rings is 1. The Kier molecular flexibility index (Phi) is 3.29. The van der Waals surface area contributed by atoms with Gasteiger partial charge in [0.2, 0.25) is 5.91 Å². The summed E-state index contributed by atoms with van der Waals surface area (Å²) in [6.45, 7) is 2.78. The van der Waals surface area contributed by atoms with Gasteiger partial charge in [-0.1, -0.05) is 30.8 Å². The van der Waals surface area contributed by atoms with Crippen LogP contribution in [0.5, 0.6) is 5.75 Å². The largest absolute Gasteiger partial charge is 0.494 e. The van der Waals surface area contributed by atoms with E-state index in [1.54, 1.807) is 10.8 Å². The highest BCUT2D eigenvalue weighted by Crippen LogP contribution is 2.30. The molecule has 1 aliphatic heterocycles. The highest BCUT2D eigenvalue weighted by atomic mass is 32.2. The summed E-state index contributed by atoms with van der Waals surface area (Å²) in [6, 6.07) is 7.82. The summed E-state index contributed by atoms with van der Waals surface area (Å²) in [5.74, 6) is 1.42. The van der Waals surface area contributed by atoms with E-state index in [1.807, 2.05) is 24.3 Å². The summed E-state index contributed by atoms with van der Waals surface area (Å²) >= 11 is 1.48. The predicted molar refractivity (Wildman–Crippen MR) is 74.8 cm³/mol. The maximum absolute atomic E-state index is 11.6. The van der Waals surface area contributed by atoms with Gasteiger partial charge in [-0.3, -0.25) is 9.36 Å². The minimum absolute atomic E-state index is 0.0946. The standard InChI is InChI=1S/C14H14N2O2S/c1-2-6-18-11-5-3-4-10(7-11)12-8-16-13(17)9-19-14(16)15-12/h3-5,7-8H,2,6,9H2,1H3. The third-order valence-electron chi connectivity index (χ3n) is 2.87. The molecule has 4 nitrogen and oxygen atoms in total. The van der Waals surface area contributed by atoms with E-state index >= 15 is 0 Å². The van der Waals surface area contributed by atoms with E-state index in [1.165, 1.54) is 11.8 Å². The van der Waals surface area contributed by atoms with Crippen LogP contribution in [0.15, 0.2) is 35.6 Å². The maximum atomic E-state index is 11.6. The zero-order valence-corrected chi connectivity index (χ0v) is 11.4. The first-order valence-corrected chi connectivity index (χ1v) is 7.25. The zero-order chi connectivity index (χ0) is 13.2. The van der Waals surface area contributed by atoms with Crippen LogP contribution in [0.4, 0.5) is 0 Å². The second-order valence-electron chi connectivity index (χ2n) is 4.34. The van der Waals surface area contributed by atoms with Gasteiger partial charge in [0, 0.05) is 11.8 Å². The number of hydrogen-bond acceptors (Lipinski definition) is 4. The maximum Gasteiger partial charge on any atom is 0.243 e. The molecule has 0 bridgehead atoms. The van der Waals surface area contributed by atoms with Crippen molar-refractivity contribution in [3.8, 4) is 17.0 Å². The summed E-state index contributed by atoms with van der Waals surface area (Å²) in [5.41, 5.74) is 1.79. The number of rotatable bonds is 4. The highest BCUT2D eigenvalue weighted by Gasteiger charge is 2.22. The highest BCUT2D eigenvalue weighted by molar-refractivity contribution is 8.00. The number of carbonyl (C=O) groups is 1. The Morgan fingerprint density at radius 3 is 3.16 bits per heavy atom. The lowest BCUT2D eigenvalue weighted by Gasteiger charge is -2.05. The van der Waals surface area contributed by atoms with Crippen molar-refractivity contribution in [2.24, 2.45) is 0 Å². The van der Waals surface area contributed by atoms with Crippen molar-refractivity contribution < 1.29 is 9.53 Å². The SMILES string of the molecule is CCCOc1cccc(-c2cn3c(n2)SCC3=O)c1. The van der Waals surface area contributed by atoms with E-state index in [0.717, 1.165) is 28.6 Å². The van der Waals surface area contributed by atoms with E-state index in [0.29, 0.717) is 12.4 Å². The number of thioether (sulfide) groups is 1. The molecule has 0 radical (unpaired) electrons. The number of aromatic nitrogens is 2. The molecular formula is C14H14N2O2S. The third kappa shape index (κ3) is 2.38. The van der Waals surface area contributed by atoms with Crippen LogP contribution in [-0.2, 0) is 0 Å². The fourth-order valence-electron chi connectivity index (χ4n) is 1.94. The quantitative estimate of drug-likeness (QED) is 0.859. The van der Waals surface area contributed by atoms with E-state index in [4.69, 9.17) is 4.74 Å². The fourth-order valence-corrected chi connectivity index (χ4v) is 2.79. The van der Waals surface area contributed by atoms with Crippen molar-refractivity contribution >= 4 is 17.7 Å². The molecule has 0 atom stereocenters. The second kappa shape index (κ2) is 5.09. The average Bonchev–Trinajstić information content (AvgIpc) is 3.00. The van der Waals surface area contributed by atoms with Crippen molar-refractivity contribution in [1.29, 1.82) is 0 Å². The van der Waals surface area contributed by atoms with Gasteiger partial charge in [-0.2, -0.15) is 0 Å². The lowest BCUT2D eigenvalue weighted by Crippen LogP contribution is -2.04. The fraction of sp³-hybridized carbons (Fsp3) is 0.286. The van der Waals surface area contributed by atoms with Gasteiger partial charge >= 0.3 is 0 Å². The molecule has 0 aliphatic carbocycles. The average molecular weight is 274 g/mol. The van der Waals surface area contributed by atoms with Gasteiger partial charge in [0.05, 0.1) is 18.1 Å². The van der Waals surface area contributed by atoms with Gasteiger partial charge in [-0.05, 0) is 18.6 Å². The first-order chi connectivity index (χ1) is 9.28.